The minimum absolute atomic E-state index is 0.694. The van der Waals surface area contributed by atoms with E-state index in [9.17, 15) is 0 Å². The number of hydrogen-bond acceptors (Lipinski definition) is 4. The Bertz CT molecular complexity index is 2510. The molecule has 44 heavy (non-hydrogen) atoms. The van der Waals surface area contributed by atoms with E-state index < -0.39 is 0 Å². The van der Waals surface area contributed by atoms with Crippen LogP contribution < -0.4 is 0 Å². The molecule has 0 N–H and O–H groups in total. The molecule has 9 rings (SSSR count). The Morgan fingerprint density at radius 1 is 0.841 bits per heavy atom. The lowest BCUT2D eigenvalue weighted by Crippen LogP contribution is -2.01. The van der Waals surface area contributed by atoms with Gasteiger partial charge in [-0.1, -0.05) is 79.4 Å². The van der Waals surface area contributed by atoms with Crippen molar-refractivity contribution in [2.45, 2.75) is 12.8 Å². The van der Waals surface area contributed by atoms with Crippen molar-refractivity contribution in [2.24, 2.45) is 0 Å². The molecule has 0 radical (unpaired) electrons. The van der Waals surface area contributed by atoms with E-state index in [-0.39, 0.29) is 0 Å². The molecule has 1 aliphatic rings. The second-order valence-electron chi connectivity index (χ2n) is 11.3. The molecule has 0 saturated carbocycles. The lowest BCUT2D eigenvalue weighted by molar-refractivity contribution is 0.605. The molecule has 0 amide bonds. The predicted octanol–water partition coefficient (Wildman–Crippen LogP) is 9.89. The third-order valence-corrected chi connectivity index (χ3v) is 8.77. The van der Waals surface area contributed by atoms with Crippen molar-refractivity contribution in [3.05, 3.63) is 139 Å². The summed E-state index contributed by atoms with van der Waals surface area (Å²) in [4.78, 5) is 14.6. The normalized spacial score (nSPS) is 14.0. The molecule has 208 valence electrons. The lowest BCUT2D eigenvalue weighted by Gasteiger charge is -2.16. The highest BCUT2D eigenvalue weighted by molar-refractivity contribution is 6.30. The van der Waals surface area contributed by atoms with Gasteiger partial charge in [-0.25, -0.2) is 15.0 Å². The third-order valence-electron chi connectivity index (χ3n) is 8.77. The van der Waals surface area contributed by atoms with E-state index >= 15 is 0 Å². The summed E-state index contributed by atoms with van der Waals surface area (Å²) in [5, 5.41) is 4.55. The topological polar surface area (TPSA) is 56.2 Å². The fourth-order valence-corrected chi connectivity index (χ4v) is 6.82. The summed E-state index contributed by atoms with van der Waals surface area (Å²) < 4.78 is 8.25. The molecular formula is C39H26N4O. The Morgan fingerprint density at radius 2 is 1.70 bits per heavy atom. The van der Waals surface area contributed by atoms with Crippen LogP contribution in [0.1, 0.15) is 29.7 Å². The van der Waals surface area contributed by atoms with Gasteiger partial charge in [0.25, 0.3) is 0 Å². The Labute approximate surface area is 253 Å². The van der Waals surface area contributed by atoms with Crippen LogP contribution in [0.15, 0.2) is 127 Å². The van der Waals surface area contributed by atoms with Gasteiger partial charge in [0, 0.05) is 33.5 Å². The van der Waals surface area contributed by atoms with Gasteiger partial charge in [-0.15, -0.1) is 0 Å². The summed E-state index contributed by atoms with van der Waals surface area (Å²) in [5.74, 6) is 0.694. The molecule has 1 aliphatic carbocycles. The van der Waals surface area contributed by atoms with Gasteiger partial charge >= 0.3 is 0 Å². The molecular weight excluding hydrogens is 540 g/mol. The van der Waals surface area contributed by atoms with E-state index in [0.717, 1.165) is 79.0 Å². The molecule has 0 atom stereocenters. The van der Waals surface area contributed by atoms with Gasteiger partial charge in [0.2, 0.25) is 0 Å². The zero-order chi connectivity index (χ0) is 29.2. The average Bonchev–Trinajstić information content (AvgIpc) is 3.78. The first-order chi connectivity index (χ1) is 21.8. The number of para-hydroxylation sites is 1. The van der Waals surface area contributed by atoms with Gasteiger partial charge in [0.05, 0.1) is 27.6 Å². The van der Waals surface area contributed by atoms with Crippen molar-refractivity contribution in [1.82, 2.24) is 19.4 Å². The second-order valence-corrected chi connectivity index (χ2v) is 11.3. The quantitative estimate of drug-likeness (QED) is 0.195. The average molecular weight is 567 g/mol. The van der Waals surface area contributed by atoms with Gasteiger partial charge in [-0.3, -0.25) is 0 Å². The van der Waals surface area contributed by atoms with Gasteiger partial charge in [0.1, 0.15) is 5.52 Å². The summed E-state index contributed by atoms with van der Waals surface area (Å²) >= 11 is 0. The Morgan fingerprint density at radius 3 is 2.61 bits per heavy atom. The molecule has 0 spiro atoms. The molecule has 0 unspecified atom stereocenters. The van der Waals surface area contributed by atoms with E-state index in [2.05, 4.69) is 107 Å². The molecule has 5 nitrogen and oxygen atoms in total. The highest BCUT2D eigenvalue weighted by Gasteiger charge is 2.22. The minimum Gasteiger partial charge on any atom is -0.443 e. The van der Waals surface area contributed by atoms with Gasteiger partial charge in [-0.05, 0) is 66.0 Å². The molecule has 0 fully saturated rings. The van der Waals surface area contributed by atoms with E-state index in [0.29, 0.717) is 5.82 Å². The maximum absolute atomic E-state index is 5.91. The fraction of sp³-hybridized carbons (Fsp3) is 0.0513. The van der Waals surface area contributed by atoms with Crippen molar-refractivity contribution in [2.75, 3.05) is 0 Å². The van der Waals surface area contributed by atoms with Crippen molar-refractivity contribution in [1.29, 1.82) is 0 Å². The van der Waals surface area contributed by atoms with E-state index in [1.54, 1.807) is 6.08 Å². The molecule has 8 aromatic rings. The summed E-state index contributed by atoms with van der Waals surface area (Å²) in [6.07, 6.45) is 15.7. The highest BCUT2D eigenvalue weighted by atomic mass is 16.3. The van der Waals surface area contributed by atoms with Crippen LogP contribution in [-0.4, -0.2) is 19.4 Å². The number of rotatable bonds is 5. The Kier molecular flexibility index (Phi) is 5.41. The van der Waals surface area contributed by atoms with Crippen LogP contribution >= 0.6 is 0 Å². The number of benzene rings is 4. The maximum Gasteiger partial charge on any atom is 0.182 e. The standard InChI is InChI=1S/C39H26N4O/c1-2-3-10-28-22-40-39(42-36(28)26-14-9-13-25(19-26)24-11-5-4-6-12-24)27-17-18-34-30(20-27)31-21-32-38(44-23-41-32)35-29-15-7-8-16-33(29)43(34)37(31)35/h2-8,10-12,14-23H,1,9,13H2/b10-3-. The van der Waals surface area contributed by atoms with E-state index in [4.69, 9.17) is 14.4 Å². The maximum atomic E-state index is 5.91. The zero-order valence-corrected chi connectivity index (χ0v) is 23.9. The number of nitrogens with zero attached hydrogens (tertiary/aromatic N) is 4. The lowest BCUT2D eigenvalue weighted by atomic mass is 9.91. The molecule has 4 aromatic carbocycles. The number of oxazole rings is 1. The van der Waals surface area contributed by atoms with Crippen LogP contribution in [-0.2, 0) is 0 Å². The summed E-state index contributed by atoms with van der Waals surface area (Å²) in [6.45, 7) is 3.86. The van der Waals surface area contributed by atoms with Gasteiger partial charge in [0.15, 0.2) is 17.8 Å². The van der Waals surface area contributed by atoms with Crippen molar-refractivity contribution in [3.8, 4) is 11.4 Å². The Hall–Kier alpha value is -5.81. The second kappa shape index (κ2) is 9.61. The zero-order valence-electron chi connectivity index (χ0n) is 23.9. The number of allylic oxidation sites excluding steroid dienone is 6. The highest BCUT2D eigenvalue weighted by Crippen LogP contribution is 2.43. The third kappa shape index (κ3) is 3.62. The van der Waals surface area contributed by atoms with E-state index in [1.165, 1.54) is 22.9 Å². The number of hydrogen-bond donors (Lipinski definition) is 0. The first kappa shape index (κ1) is 24.8. The van der Waals surface area contributed by atoms with Crippen LogP contribution in [0.25, 0.3) is 77.8 Å². The summed E-state index contributed by atoms with van der Waals surface area (Å²) in [5.41, 5.74) is 11.7. The summed E-state index contributed by atoms with van der Waals surface area (Å²) in [6, 6.07) is 27.8. The monoisotopic (exact) mass is 566 g/mol. The van der Waals surface area contributed by atoms with Crippen molar-refractivity contribution in [3.63, 3.8) is 0 Å². The van der Waals surface area contributed by atoms with Crippen molar-refractivity contribution >= 4 is 66.4 Å². The molecule has 0 bridgehead atoms. The van der Waals surface area contributed by atoms with Crippen LogP contribution in [0.5, 0.6) is 0 Å². The van der Waals surface area contributed by atoms with E-state index in [1.807, 2.05) is 18.3 Å². The molecule has 4 heterocycles. The van der Waals surface area contributed by atoms with Crippen LogP contribution in [0.4, 0.5) is 0 Å². The predicted molar refractivity (Wildman–Crippen MR) is 181 cm³/mol. The molecule has 0 saturated heterocycles. The largest absolute Gasteiger partial charge is 0.443 e. The number of fused-ring (bicyclic) bond motifs is 8. The van der Waals surface area contributed by atoms with Crippen LogP contribution in [0.2, 0.25) is 0 Å². The molecule has 0 aliphatic heterocycles. The smallest absolute Gasteiger partial charge is 0.182 e. The van der Waals surface area contributed by atoms with Crippen molar-refractivity contribution < 1.29 is 4.42 Å². The fourth-order valence-electron chi connectivity index (χ4n) is 6.82. The number of aromatic nitrogens is 4. The minimum atomic E-state index is 0.694. The molecule has 5 heteroatoms. The molecule has 4 aromatic heterocycles. The van der Waals surface area contributed by atoms with Gasteiger partial charge in [-0.2, -0.15) is 0 Å². The first-order valence-corrected chi connectivity index (χ1v) is 14.9. The summed E-state index contributed by atoms with van der Waals surface area (Å²) in [7, 11) is 0. The van der Waals surface area contributed by atoms with Crippen LogP contribution in [0, 0.1) is 0 Å². The SMILES string of the molecule is C=C/C=C\c1cnc(-c2ccc3c(c2)c2cc4ncoc4c4c5ccccc5n3c24)nc1C1=CCCC(c2ccccc2)=C1. The first-order valence-electron chi connectivity index (χ1n) is 14.9. The van der Waals surface area contributed by atoms with Crippen LogP contribution in [0.3, 0.4) is 0 Å². The van der Waals surface area contributed by atoms with Gasteiger partial charge < -0.3 is 8.82 Å². The Balaban J connectivity index is 1.25.